The van der Waals surface area contributed by atoms with Crippen LogP contribution in [0.5, 0.6) is 0 Å². The number of aromatic amines is 1. The van der Waals surface area contributed by atoms with Crippen LogP contribution in [0.4, 0.5) is 4.39 Å². The second-order valence-electron chi connectivity index (χ2n) is 7.56. The van der Waals surface area contributed by atoms with Crippen LogP contribution in [-0.4, -0.2) is 48.9 Å². The van der Waals surface area contributed by atoms with Crippen molar-refractivity contribution in [1.82, 2.24) is 29.9 Å². The molecule has 9 nitrogen and oxygen atoms in total. The number of rotatable bonds is 4. The highest BCUT2D eigenvalue weighted by molar-refractivity contribution is 5.91. The number of hydrogen-bond donors (Lipinski definition) is 1. The quantitative estimate of drug-likeness (QED) is 0.541. The van der Waals surface area contributed by atoms with E-state index in [0.717, 1.165) is 18.4 Å². The second-order valence-corrected chi connectivity index (χ2v) is 7.56. The van der Waals surface area contributed by atoms with E-state index in [1.54, 1.807) is 29.2 Å². The van der Waals surface area contributed by atoms with Gasteiger partial charge in [-0.2, -0.15) is 0 Å². The molecule has 1 aliphatic rings. The average Bonchev–Trinajstić information content (AvgIpc) is 3.46. The number of amides is 1. The molecule has 0 radical (unpaired) electrons. The summed E-state index contributed by atoms with van der Waals surface area (Å²) in [5.74, 6) is 0.159. The number of nitrogens with zero attached hydrogens (tertiary/aromatic N) is 5. The molecule has 3 aromatic heterocycles. The van der Waals surface area contributed by atoms with Crippen molar-refractivity contribution in [2.75, 3.05) is 13.1 Å². The van der Waals surface area contributed by atoms with E-state index in [1.165, 1.54) is 23.1 Å². The first-order valence-electron chi connectivity index (χ1n) is 9.99. The van der Waals surface area contributed by atoms with Crippen LogP contribution >= 0.6 is 0 Å². The lowest BCUT2D eigenvalue weighted by Gasteiger charge is -2.31. The zero-order valence-corrected chi connectivity index (χ0v) is 16.5. The Bertz CT molecular complexity index is 1280. The van der Waals surface area contributed by atoms with Crippen LogP contribution in [0.2, 0.25) is 0 Å². The van der Waals surface area contributed by atoms with Crippen LogP contribution in [-0.2, 0) is 6.54 Å². The highest BCUT2D eigenvalue weighted by Crippen LogP contribution is 2.26. The van der Waals surface area contributed by atoms with Gasteiger partial charge in [0.1, 0.15) is 11.6 Å². The first kappa shape index (κ1) is 19.2. The van der Waals surface area contributed by atoms with E-state index in [-0.39, 0.29) is 28.7 Å². The third kappa shape index (κ3) is 3.72. The molecule has 0 spiro atoms. The topological polar surface area (TPSA) is 110 Å². The fraction of sp³-hybridized carbons (Fsp3) is 0.286. The van der Waals surface area contributed by atoms with Gasteiger partial charge in [-0.25, -0.2) is 14.1 Å². The molecule has 4 heterocycles. The van der Waals surface area contributed by atoms with E-state index in [2.05, 4.69) is 20.3 Å². The maximum atomic E-state index is 13.2. The summed E-state index contributed by atoms with van der Waals surface area (Å²) in [6.45, 7) is 1.35. The van der Waals surface area contributed by atoms with Gasteiger partial charge in [-0.15, -0.1) is 5.10 Å². The number of nitrogens with one attached hydrogen (secondary N) is 1. The molecule has 0 unspecified atom stereocenters. The lowest BCUT2D eigenvalue weighted by atomic mass is 9.97. The zero-order chi connectivity index (χ0) is 21.4. The molecule has 1 amide bonds. The minimum Gasteiger partial charge on any atom is -0.459 e. The van der Waals surface area contributed by atoms with Crippen molar-refractivity contribution >= 4 is 17.1 Å². The van der Waals surface area contributed by atoms with E-state index in [4.69, 9.17) is 4.42 Å². The monoisotopic (exact) mass is 422 g/mol. The number of hydrogen-bond acceptors (Lipinski definition) is 6. The number of H-pyrrole nitrogens is 1. The number of benzene rings is 1. The Balaban J connectivity index is 1.43. The highest BCUT2D eigenvalue weighted by Gasteiger charge is 2.29. The zero-order valence-electron chi connectivity index (χ0n) is 16.5. The third-order valence-electron chi connectivity index (χ3n) is 5.46. The van der Waals surface area contributed by atoms with Gasteiger partial charge in [0.2, 0.25) is 0 Å². The minimum absolute atomic E-state index is 0.126. The molecule has 4 aromatic rings. The molecule has 1 aliphatic heterocycles. The van der Waals surface area contributed by atoms with Crippen LogP contribution < -0.4 is 5.56 Å². The molecule has 1 atom stereocenters. The van der Waals surface area contributed by atoms with Gasteiger partial charge in [0, 0.05) is 19.0 Å². The van der Waals surface area contributed by atoms with Gasteiger partial charge in [-0.05, 0) is 42.7 Å². The molecule has 1 aromatic carbocycles. The van der Waals surface area contributed by atoms with Crippen LogP contribution in [0.3, 0.4) is 0 Å². The van der Waals surface area contributed by atoms with Crippen molar-refractivity contribution in [3.8, 4) is 0 Å². The number of fused-ring (bicyclic) bond motifs is 1. The lowest BCUT2D eigenvalue weighted by molar-refractivity contribution is 0.0672. The Morgan fingerprint density at radius 2 is 2.10 bits per heavy atom. The van der Waals surface area contributed by atoms with Crippen molar-refractivity contribution in [2.45, 2.75) is 25.3 Å². The normalized spacial score (nSPS) is 16.7. The standard InChI is InChI=1S/C21H19FN6O3/c22-15-7-5-13(6-8-15)11-28-19-17(25-26-28)20(29)24-18(23-19)14-3-1-9-27(12-14)21(30)16-4-2-10-31-16/h2,4-8,10,14H,1,3,9,11-12H2,(H,23,24,29)/t14-/m1/s1. The summed E-state index contributed by atoms with van der Waals surface area (Å²) >= 11 is 0. The smallest absolute Gasteiger partial charge is 0.289 e. The van der Waals surface area contributed by atoms with Crippen LogP contribution in [0, 0.1) is 5.82 Å². The summed E-state index contributed by atoms with van der Waals surface area (Å²) in [6, 6.07) is 9.35. The van der Waals surface area contributed by atoms with Gasteiger partial charge in [0.05, 0.1) is 12.8 Å². The van der Waals surface area contributed by atoms with Crippen LogP contribution in [0.1, 0.15) is 40.7 Å². The lowest BCUT2D eigenvalue weighted by Crippen LogP contribution is -2.39. The fourth-order valence-corrected chi connectivity index (χ4v) is 3.89. The maximum Gasteiger partial charge on any atom is 0.289 e. The molecule has 158 valence electrons. The summed E-state index contributed by atoms with van der Waals surface area (Å²) in [4.78, 5) is 34.4. The number of carbonyl (C=O) groups excluding carboxylic acids is 1. The fourth-order valence-electron chi connectivity index (χ4n) is 3.89. The van der Waals surface area contributed by atoms with E-state index >= 15 is 0 Å². The first-order valence-corrected chi connectivity index (χ1v) is 9.99. The Morgan fingerprint density at radius 1 is 1.26 bits per heavy atom. The molecule has 1 N–H and O–H groups in total. The third-order valence-corrected chi connectivity index (χ3v) is 5.46. The molecule has 1 saturated heterocycles. The number of likely N-dealkylation sites (tertiary alicyclic amines) is 1. The van der Waals surface area contributed by atoms with Gasteiger partial charge in [0.25, 0.3) is 11.5 Å². The molecule has 0 saturated carbocycles. The number of piperidine rings is 1. The van der Waals surface area contributed by atoms with Gasteiger partial charge < -0.3 is 14.3 Å². The summed E-state index contributed by atoms with van der Waals surface area (Å²) in [7, 11) is 0. The molecule has 1 fully saturated rings. The number of furan rings is 1. The molecule has 5 rings (SSSR count). The number of aromatic nitrogens is 5. The predicted molar refractivity (Wildman–Crippen MR) is 108 cm³/mol. The SMILES string of the molecule is O=C(c1ccco1)N1CCC[C@@H](c2nc3c(nnn3Cc3ccc(F)cc3)c(=O)[nH]2)C1. The second kappa shape index (κ2) is 7.78. The van der Waals surface area contributed by atoms with Crippen molar-refractivity contribution in [3.63, 3.8) is 0 Å². The summed E-state index contributed by atoms with van der Waals surface area (Å²) in [5.41, 5.74) is 0.937. The molecule has 31 heavy (non-hydrogen) atoms. The van der Waals surface area contributed by atoms with Crippen molar-refractivity contribution < 1.29 is 13.6 Å². The molecule has 0 bridgehead atoms. The Morgan fingerprint density at radius 3 is 2.87 bits per heavy atom. The van der Waals surface area contributed by atoms with Crippen LogP contribution in [0.25, 0.3) is 11.2 Å². The summed E-state index contributed by atoms with van der Waals surface area (Å²) in [6.07, 6.45) is 3.04. The summed E-state index contributed by atoms with van der Waals surface area (Å²) < 4.78 is 19.9. The van der Waals surface area contributed by atoms with Crippen molar-refractivity contribution in [3.05, 3.63) is 76.0 Å². The van der Waals surface area contributed by atoms with E-state index in [0.29, 0.717) is 36.9 Å². The van der Waals surface area contributed by atoms with Crippen molar-refractivity contribution in [1.29, 1.82) is 0 Å². The largest absolute Gasteiger partial charge is 0.459 e. The average molecular weight is 422 g/mol. The van der Waals surface area contributed by atoms with E-state index in [9.17, 15) is 14.0 Å². The highest BCUT2D eigenvalue weighted by atomic mass is 19.1. The Hall–Kier alpha value is -3.82. The van der Waals surface area contributed by atoms with Gasteiger partial charge in [0.15, 0.2) is 16.9 Å². The van der Waals surface area contributed by atoms with Crippen LogP contribution in [0.15, 0.2) is 51.9 Å². The van der Waals surface area contributed by atoms with Gasteiger partial charge in [-0.3, -0.25) is 9.59 Å². The minimum atomic E-state index is -0.375. The number of carbonyl (C=O) groups is 1. The van der Waals surface area contributed by atoms with Gasteiger partial charge in [-0.1, -0.05) is 17.3 Å². The summed E-state index contributed by atoms with van der Waals surface area (Å²) in [5, 5.41) is 8.00. The number of halogens is 1. The van der Waals surface area contributed by atoms with Gasteiger partial charge >= 0.3 is 0 Å². The maximum absolute atomic E-state index is 13.2. The molecular formula is C21H19FN6O3. The van der Waals surface area contributed by atoms with E-state index < -0.39 is 0 Å². The Labute approximate surface area is 175 Å². The molecular weight excluding hydrogens is 403 g/mol. The van der Waals surface area contributed by atoms with Crippen molar-refractivity contribution in [2.24, 2.45) is 0 Å². The first-order chi connectivity index (χ1) is 15.1. The Kier molecular flexibility index (Phi) is 4.81. The molecule has 0 aliphatic carbocycles. The molecule has 10 heteroatoms. The van der Waals surface area contributed by atoms with E-state index in [1.807, 2.05) is 0 Å². The predicted octanol–water partition coefficient (Wildman–Crippen LogP) is 2.31.